The average molecular weight is 368 g/mol. The van der Waals surface area contributed by atoms with Gasteiger partial charge >= 0.3 is 0 Å². The normalized spacial score (nSPS) is 10.7. The summed E-state index contributed by atoms with van der Waals surface area (Å²) in [6, 6.07) is 11.9. The van der Waals surface area contributed by atoms with Crippen molar-refractivity contribution in [3.8, 4) is 28.7 Å². The fourth-order valence-corrected chi connectivity index (χ4v) is 2.90. The summed E-state index contributed by atoms with van der Waals surface area (Å²) >= 11 is 0. The Morgan fingerprint density at radius 1 is 0.963 bits per heavy atom. The third-order valence-corrected chi connectivity index (χ3v) is 4.29. The van der Waals surface area contributed by atoms with Crippen LogP contribution in [0.15, 0.2) is 47.1 Å². The Balaban J connectivity index is 1.66. The topological polar surface area (TPSA) is 65.8 Å². The fraction of sp³-hybridized carbons (Fsp3) is 0.286. The molecule has 6 nitrogen and oxygen atoms in total. The molecule has 6 heteroatoms. The number of hydrogen-bond acceptors (Lipinski definition) is 6. The summed E-state index contributed by atoms with van der Waals surface area (Å²) in [6.07, 6.45) is 1.68. The molecule has 1 aromatic heterocycles. The van der Waals surface area contributed by atoms with Gasteiger partial charge in [0.15, 0.2) is 11.5 Å². The fourth-order valence-electron chi connectivity index (χ4n) is 2.90. The molecule has 0 aliphatic rings. The number of aryl methyl sites for hydroxylation is 1. The number of aromatic nitrogens is 1. The maximum Gasteiger partial charge on any atom is 0.226 e. The Labute approximate surface area is 159 Å². The van der Waals surface area contributed by atoms with Crippen molar-refractivity contribution >= 4 is 0 Å². The molecule has 0 saturated heterocycles. The molecule has 3 rings (SSSR count). The van der Waals surface area contributed by atoms with Gasteiger partial charge in [-0.3, -0.25) is 0 Å². The van der Waals surface area contributed by atoms with E-state index in [1.165, 1.54) is 0 Å². The minimum Gasteiger partial charge on any atom is -0.493 e. The monoisotopic (exact) mass is 368 g/mol. The van der Waals surface area contributed by atoms with Crippen molar-refractivity contribution in [2.75, 3.05) is 21.3 Å². The Morgan fingerprint density at radius 2 is 1.67 bits per heavy atom. The van der Waals surface area contributed by atoms with E-state index in [4.69, 9.17) is 18.6 Å². The minimum atomic E-state index is 0.586. The highest BCUT2D eigenvalue weighted by molar-refractivity contribution is 5.58. The van der Waals surface area contributed by atoms with Crippen molar-refractivity contribution in [2.45, 2.75) is 20.0 Å². The van der Waals surface area contributed by atoms with Crippen molar-refractivity contribution in [3.63, 3.8) is 0 Å². The predicted molar refractivity (Wildman–Crippen MR) is 103 cm³/mol. The van der Waals surface area contributed by atoms with Gasteiger partial charge in [-0.15, -0.1) is 0 Å². The number of rotatable bonds is 8. The molecule has 0 unspecified atom stereocenters. The first-order valence-corrected chi connectivity index (χ1v) is 8.66. The van der Waals surface area contributed by atoms with Crippen molar-refractivity contribution in [2.24, 2.45) is 0 Å². The third kappa shape index (κ3) is 4.23. The standard InChI is InChI=1S/C21H24N2O4/c1-14-7-5-6-8-17(14)21-23-16(13-27-21)12-22-11-15-9-18(24-2)20(26-4)19(10-15)25-3/h5-10,13,22H,11-12H2,1-4H3. The SMILES string of the molecule is COc1cc(CNCc2coc(-c3ccccc3C)n2)cc(OC)c1OC. The van der Waals surface area contributed by atoms with E-state index in [0.29, 0.717) is 36.2 Å². The lowest BCUT2D eigenvalue weighted by atomic mass is 10.1. The summed E-state index contributed by atoms with van der Waals surface area (Å²) in [5, 5.41) is 3.36. The average Bonchev–Trinajstić information content (AvgIpc) is 3.16. The molecule has 2 aromatic carbocycles. The highest BCUT2D eigenvalue weighted by Crippen LogP contribution is 2.38. The van der Waals surface area contributed by atoms with Gasteiger partial charge in [0.05, 0.1) is 27.0 Å². The summed E-state index contributed by atoms with van der Waals surface area (Å²) in [4.78, 5) is 4.57. The number of nitrogens with one attached hydrogen (secondary N) is 1. The van der Waals surface area contributed by atoms with Crippen molar-refractivity contribution in [3.05, 3.63) is 59.5 Å². The lowest BCUT2D eigenvalue weighted by molar-refractivity contribution is 0.323. The van der Waals surface area contributed by atoms with Crippen molar-refractivity contribution < 1.29 is 18.6 Å². The number of hydrogen-bond donors (Lipinski definition) is 1. The van der Waals surface area contributed by atoms with Crippen LogP contribution in [0.25, 0.3) is 11.5 Å². The summed E-state index contributed by atoms with van der Waals surface area (Å²) in [5.41, 5.74) is 4.01. The third-order valence-electron chi connectivity index (χ3n) is 4.29. The number of ether oxygens (including phenoxy) is 3. The Bertz CT molecular complexity index is 880. The number of nitrogens with zero attached hydrogens (tertiary/aromatic N) is 1. The highest BCUT2D eigenvalue weighted by atomic mass is 16.5. The van der Waals surface area contributed by atoms with E-state index in [1.54, 1.807) is 27.6 Å². The molecule has 1 heterocycles. The van der Waals surface area contributed by atoms with Gasteiger partial charge in [-0.05, 0) is 36.2 Å². The van der Waals surface area contributed by atoms with Crippen molar-refractivity contribution in [1.82, 2.24) is 10.3 Å². The number of methoxy groups -OCH3 is 3. The second kappa shape index (κ2) is 8.60. The molecule has 0 bridgehead atoms. The molecule has 0 saturated carbocycles. The molecular weight excluding hydrogens is 344 g/mol. The summed E-state index contributed by atoms with van der Waals surface area (Å²) in [7, 11) is 4.81. The van der Waals surface area contributed by atoms with Gasteiger partial charge < -0.3 is 23.9 Å². The van der Waals surface area contributed by atoms with Crippen LogP contribution in [0.5, 0.6) is 17.2 Å². The second-order valence-corrected chi connectivity index (χ2v) is 6.10. The second-order valence-electron chi connectivity index (χ2n) is 6.10. The van der Waals surface area contributed by atoms with Crippen LogP contribution in [0.2, 0.25) is 0 Å². The Morgan fingerprint density at radius 3 is 2.30 bits per heavy atom. The van der Waals surface area contributed by atoms with Gasteiger partial charge in [0.25, 0.3) is 0 Å². The van der Waals surface area contributed by atoms with Crippen LogP contribution in [0.4, 0.5) is 0 Å². The molecule has 0 aliphatic carbocycles. The van der Waals surface area contributed by atoms with Crippen LogP contribution in [0.3, 0.4) is 0 Å². The quantitative estimate of drug-likeness (QED) is 0.649. The predicted octanol–water partition coefficient (Wildman–Crippen LogP) is 3.97. The molecule has 3 aromatic rings. The zero-order valence-corrected chi connectivity index (χ0v) is 16.0. The molecule has 0 amide bonds. The largest absolute Gasteiger partial charge is 0.493 e. The molecular formula is C21H24N2O4. The first-order chi connectivity index (χ1) is 13.2. The van der Waals surface area contributed by atoms with Gasteiger partial charge in [0, 0.05) is 18.7 Å². The van der Waals surface area contributed by atoms with Crippen LogP contribution < -0.4 is 19.5 Å². The van der Waals surface area contributed by atoms with E-state index < -0.39 is 0 Å². The van der Waals surface area contributed by atoms with E-state index in [9.17, 15) is 0 Å². The number of oxazole rings is 1. The van der Waals surface area contributed by atoms with Gasteiger partial charge in [-0.2, -0.15) is 0 Å². The molecule has 1 N–H and O–H groups in total. The summed E-state index contributed by atoms with van der Waals surface area (Å²) in [5.74, 6) is 2.50. The zero-order chi connectivity index (χ0) is 19.2. The number of benzene rings is 2. The van der Waals surface area contributed by atoms with Gasteiger partial charge in [0.2, 0.25) is 11.6 Å². The summed E-state index contributed by atoms with van der Waals surface area (Å²) < 4.78 is 21.8. The molecule has 27 heavy (non-hydrogen) atoms. The molecule has 0 aliphatic heterocycles. The molecule has 0 atom stereocenters. The smallest absolute Gasteiger partial charge is 0.226 e. The molecule has 0 fully saturated rings. The molecule has 0 radical (unpaired) electrons. The Hall–Kier alpha value is -2.99. The summed E-state index contributed by atoms with van der Waals surface area (Å²) in [6.45, 7) is 3.26. The highest BCUT2D eigenvalue weighted by Gasteiger charge is 2.13. The molecule has 0 spiro atoms. The van der Waals surface area contributed by atoms with E-state index in [2.05, 4.69) is 10.3 Å². The van der Waals surface area contributed by atoms with Crippen LogP contribution >= 0.6 is 0 Å². The van der Waals surface area contributed by atoms with E-state index in [1.807, 2.05) is 43.3 Å². The maximum atomic E-state index is 5.63. The van der Waals surface area contributed by atoms with Gasteiger partial charge in [0.1, 0.15) is 6.26 Å². The molecule has 142 valence electrons. The van der Waals surface area contributed by atoms with Crippen LogP contribution in [0.1, 0.15) is 16.8 Å². The lowest BCUT2D eigenvalue weighted by Gasteiger charge is -2.14. The van der Waals surface area contributed by atoms with Crippen molar-refractivity contribution in [1.29, 1.82) is 0 Å². The zero-order valence-electron chi connectivity index (χ0n) is 16.0. The first-order valence-electron chi connectivity index (χ1n) is 8.66. The van der Waals surface area contributed by atoms with Gasteiger partial charge in [-0.25, -0.2) is 4.98 Å². The minimum absolute atomic E-state index is 0.586. The van der Waals surface area contributed by atoms with Gasteiger partial charge in [-0.1, -0.05) is 18.2 Å². The van der Waals surface area contributed by atoms with E-state index in [-0.39, 0.29) is 0 Å². The van der Waals surface area contributed by atoms with Crippen LogP contribution in [0, 0.1) is 6.92 Å². The van der Waals surface area contributed by atoms with E-state index in [0.717, 1.165) is 22.4 Å². The van der Waals surface area contributed by atoms with Crippen LogP contribution in [-0.2, 0) is 13.1 Å². The Kier molecular flexibility index (Phi) is 5.98. The van der Waals surface area contributed by atoms with E-state index >= 15 is 0 Å². The maximum absolute atomic E-state index is 5.63. The van der Waals surface area contributed by atoms with Crippen LogP contribution in [-0.4, -0.2) is 26.3 Å². The lowest BCUT2D eigenvalue weighted by Crippen LogP contribution is -2.13. The first kappa shape index (κ1) is 18.8.